The molecule has 3 fully saturated rings. The lowest BCUT2D eigenvalue weighted by Gasteiger charge is -2.40. The van der Waals surface area contributed by atoms with Crippen molar-refractivity contribution < 1.29 is 19.2 Å². The van der Waals surface area contributed by atoms with E-state index in [1.54, 1.807) is 13.1 Å². The van der Waals surface area contributed by atoms with Crippen molar-refractivity contribution in [3.05, 3.63) is 75.6 Å². The molecule has 1 saturated carbocycles. The quantitative estimate of drug-likeness (QED) is 0.229. The van der Waals surface area contributed by atoms with Crippen LogP contribution in [0.5, 0.6) is 0 Å². The Morgan fingerprint density at radius 2 is 1.73 bits per heavy atom. The van der Waals surface area contributed by atoms with Gasteiger partial charge in [-0.3, -0.25) is 4.68 Å². The zero-order valence-corrected chi connectivity index (χ0v) is 24.1. The van der Waals surface area contributed by atoms with Crippen LogP contribution in [0.25, 0.3) is 22.5 Å². The molecule has 1 N–H and O–H groups in total. The van der Waals surface area contributed by atoms with Crippen LogP contribution >= 0.6 is 23.2 Å². The molecule has 212 valence electrons. The fraction of sp³-hybridized carbons (Fsp3) is 0.387. The first-order chi connectivity index (χ1) is 19.9. The first-order valence-electron chi connectivity index (χ1n) is 14.1. The van der Waals surface area contributed by atoms with Gasteiger partial charge in [-0.05, 0) is 68.9 Å². The fourth-order valence-corrected chi connectivity index (χ4v) is 7.12. The number of aromatic carboxylic acids is 1. The number of aromatic nitrogens is 3. The number of rotatable bonds is 8. The second kappa shape index (κ2) is 10.5. The Bertz CT molecular complexity index is 1580. The van der Waals surface area contributed by atoms with Gasteiger partial charge in [0.2, 0.25) is 0 Å². The summed E-state index contributed by atoms with van der Waals surface area (Å²) in [6.45, 7) is 0.424. The minimum Gasteiger partial charge on any atom is -0.477 e. The Balaban J connectivity index is 1.06. The average Bonchev–Trinajstić information content (AvgIpc) is 3.51. The zero-order chi connectivity index (χ0) is 28.2. The number of hydrogen-bond acceptors (Lipinski definition) is 6. The van der Waals surface area contributed by atoms with Crippen molar-refractivity contribution in [2.45, 2.75) is 69.2 Å². The zero-order valence-electron chi connectivity index (χ0n) is 22.6. The predicted molar refractivity (Wildman–Crippen MR) is 157 cm³/mol. The van der Waals surface area contributed by atoms with E-state index >= 15 is 0 Å². The number of hydrogen-bond donors (Lipinski definition) is 1. The number of ether oxygens (including phenoxy) is 1. The van der Waals surface area contributed by atoms with Crippen LogP contribution in [0.3, 0.4) is 0 Å². The molecule has 0 amide bonds. The third-order valence-corrected chi connectivity index (χ3v) is 9.31. The van der Waals surface area contributed by atoms with Gasteiger partial charge >= 0.3 is 5.97 Å². The van der Waals surface area contributed by atoms with Crippen LogP contribution < -0.4 is 4.90 Å². The van der Waals surface area contributed by atoms with E-state index in [0.717, 1.165) is 55.4 Å². The number of benzene rings is 2. The summed E-state index contributed by atoms with van der Waals surface area (Å²) in [5, 5.41) is 19.2. The van der Waals surface area contributed by atoms with Crippen molar-refractivity contribution in [3.8, 4) is 22.5 Å². The van der Waals surface area contributed by atoms with Gasteiger partial charge in [0.25, 0.3) is 0 Å². The number of aryl methyl sites for hydroxylation is 1. The molecule has 3 atom stereocenters. The van der Waals surface area contributed by atoms with E-state index in [1.807, 2.05) is 30.3 Å². The van der Waals surface area contributed by atoms with E-state index in [1.165, 1.54) is 10.4 Å². The van der Waals surface area contributed by atoms with Gasteiger partial charge in [0.1, 0.15) is 17.1 Å². The number of carboxylic acids is 1. The molecular weight excluding hydrogens is 563 g/mol. The standard InChI is InChI=1S/C31H30Cl2N4O4/c1-36-27(31(38)39)15-26(34-36)17-7-9-19(10-8-17)37-20-11-12-21(37)14-22(13-20)40-16-23-29(35-41-30(23)18-5-6-18)28-24(32)3-2-4-25(28)33/h2-4,7-10,15,18,20-22H,5-6,11-14,16H2,1H3,(H,38,39)/t20-,21+,22+. The molecule has 0 spiro atoms. The van der Waals surface area contributed by atoms with Gasteiger partial charge < -0.3 is 19.3 Å². The summed E-state index contributed by atoms with van der Waals surface area (Å²) in [5.74, 6) is 0.306. The summed E-state index contributed by atoms with van der Waals surface area (Å²) >= 11 is 13.1. The molecule has 2 aromatic carbocycles. The molecule has 7 rings (SSSR count). The Hall–Kier alpha value is -3.33. The Morgan fingerprint density at radius 1 is 1.05 bits per heavy atom. The second-order valence-electron chi connectivity index (χ2n) is 11.3. The van der Waals surface area contributed by atoms with Gasteiger partial charge in [-0.25, -0.2) is 4.79 Å². The van der Waals surface area contributed by atoms with Crippen LogP contribution in [0.1, 0.15) is 66.3 Å². The SMILES string of the molecule is Cn1nc(-c2ccc(N3[C@@H]4CC[C@H]3C[C@@H](OCc3c(-c5c(Cl)cccc5Cl)noc3C3CC3)C4)cc2)cc1C(=O)O. The molecule has 2 bridgehead atoms. The van der Waals surface area contributed by atoms with Crippen LogP contribution in [0.15, 0.2) is 53.1 Å². The number of nitrogens with zero attached hydrogens (tertiary/aromatic N) is 4. The summed E-state index contributed by atoms with van der Waals surface area (Å²) in [6, 6.07) is 16.2. The maximum absolute atomic E-state index is 11.4. The Morgan fingerprint density at radius 3 is 2.34 bits per heavy atom. The van der Waals surface area contributed by atoms with Crippen molar-refractivity contribution in [1.82, 2.24) is 14.9 Å². The minimum atomic E-state index is -0.985. The van der Waals surface area contributed by atoms with Gasteiger partial charge in [0.05, 0.1) is 28.5 Å². The predicted octanol–water partition coefficient (Wildman–Crippen LogP) is 7.34. The van der Waals surface area contributed by atoms with Crippen molar-refractivity contribution in [2.75, 3.05) is 4.90 Å². The third kappa shape index (κ3) is 4.92. The molecular formula is C31H30Cl2N4O4. The van der Waals surface area contributed by atoms with Crippen LogP contribution in [0, 0.1) is 0 Å². The number of fused-ring (bicyclic) bond motifs is 2. The molecule has 2 saturated heterocycles. The van der Waals surface area contributed by atoms with Gasteiger partial charge in [-0.15, -0.1) is 0 Å². The number of carbonyl (C=O) groups is 1. The monoisotopic (exact) mass is 592 g/mol. The maximum atomic E-state index is 11.4. The number of halogens is 2. The van der Waals surface area contributed by atoms with Crippen LogP contribution in [-0.4, -0.2) is 44.2 Å². The van der Waals surface area contributed by atoms with Crippen molar-refractivity contribution in [3.63, 3.8) is 0 Å². The van der Waals surface area contributed by atoms with E-state index in [4.69, 9.17) is 32.5 Å². The number of piperidine rings is 1. The first kappa shape index (κ1) is 26.6. The molecule has 0 radical (unpaired) electrons. The lowest BCUT2D eigenvalue weighted by Crippen LogP contribution is -2.45. The largest absolute Gasteiger partial charge is 0.477 e. The van der Waals surface area contributed by atoms with Gasteiger partial charge in [-0.2, -0.15) is 5.10 Å². The van der Waals surface area contributed by atoms with E-state index in [2.05, 4.69) is 27.3 Å². The first-order valence-corrected chi connectivity index (χ1v) is 14.8. The fourth-order valence-electron chi connectivity index (χ4n) is 6.55. The van der Waals surface area contributed by atoms with Gasteiger partial charge in [-0.1, -0.05) is 46.6 Å². The highest BCUT2D eigenvalue weighted by molar-refractivity contribution is 6.39. The van der Waals surface area contributed by atoms with Crippen LogP contribution in [-0.2, 0) is 18.4 Å². The summed E-state index contributed by atoms with van der Waals surface area (Å²) in [5.41, 5.74) is 5.26. The van der Waals surface area contributed by atoms with Gasteiger partial charge in [0.15, 0.2) is 0 Å². The molecule has 10 heteroatoms. The van der Waals surface area contributed by atoms with E-state index in [-0.39, 0.29) is 11.8 Å². The average molecular weight is 594 g/mol. The topological polar surface area (TPSA) is 93.6 Å². The maximum Gasteiger partial charge on any atom is 0.354 e. The summed E-state index contributed by atoms with van der Waals surface area (Å²) in [4.78, 5) is 13.9. The van der Waals surface area contributed by atoms with Crippen LogP contribution in [0.4, 0.5) is 5.69 Å². The lowest BCUT2D eigenvalue weighted by atomic mass is 9.98. The highest BCUT2D eigenvalue weighted by Gasteiger charge is 2.42. The summed E-state index contributed by atoms with van der Waals surface area (Å²) in [6.07, 6.45) is 6.51. The summed E-state index contributed by atoms with van der Waals surface area (Å²) < 4.78 is 13.8. The Labute approximate surface area is 247 Å². The normalized spacial score (nSPS) is 21.9. The summed E-state index contributed by atoms with van der Waals surface area (Å²) in [7, 11) is 1.65. The highest BCUT2D eigenvalue weighted by Crippen LogP contribution is 2.47. The molecule has 8 nitrogen and oxygen atoms in total. The highest BCUT2D eigenvalue weighted by atomic mass is 35.5. The lowest BCUT2D eigenvalue weighted by molar-refractivity contribution is 0.0147. The molecule has 0 unspecified atom stereocenters. The van der Waals surface area contributed by atoms with Crippen molar-refractivity contribution >= 4 is 34.9 Å². The van der Waals surface area contributed by atoms with Gasteiger partial charge in [0, 0.05) is 47.4 Å². The molecule has 1 aliphatic carbocycles. The smallest absolute Gasteiger partial charge is 0.354 e. The molecule has 2 aromatic heterocycles. The minimum absolute atomic E-state index is 0.141. The van der Waals surface area contributed by atoms with Crippen molar-refractivity contribution in [1.29, 1.82) is 0 Å². The molecule has 4 heterocycles. The third-order valence-electron chi connectivity index (χ3n) is 8.68. The Kier molecular flexibility index (Phi) is 6.80. The number of anilines is 1. The van der Waals surface area contributed by atoms with E-state index < -0.39 is 5.97 Å². The molecule has 4 aromatic rings. The molecule has 2 aliphatic heterocycles. The number of carboxylic acid groups (broad SMARTS) is 1. The second-order valence-corrected chi connectivity index (χ2v) is 12.1. The molecule has 41 heavy (non-hydrogen) atoms. The van der Waals surface area contributed by atoms with Crippen LogP contribution in [0.2, 0.25) is 10.0 Å². The van der Waals surface area contributed by atoms with E-state index in [0.29, 0.717) is 51.6 Å². The molecule has 3 aliphatic rings. The van der Waals surface area contributed by atoms with Crippen molar-refractivity contribution in [2.24, 2.45) is 7.05 Å². The van der Waals surface area contributed by atoms with E-state index in [9.17, 15) is 9.90 Å².